The number of aliphatic hydroxyl groups excluding tert-OH is 8. The van der Waals surface area contributed by atoms with Gasteiger partial charge in [0.2, 0.25) is 0 Å². The minimum Gasteiger partial charge on any atom is -0.479 e. The fraction of sp³-hybridized carbons (Fsp3) is 0.750. The quantitative estimate of drug-likeness (QED) is 0.175. The van der Waals surface area contributed by atoms with Gasteiger partial charge in [0.25, 0.3) is 0 Å². The zero-order valence-electron chi connectivity index (χ0n) is 12.5. The molecule has 142 valence electrons. The van der Waals surface area contributed by atoms with Gasteiger partial charge in [0.05, 0.1) is 6.10 Å². The number of hydrogen-bond acceptors (Lipinski definition) is 11. The largest absolute Gasteiger partial charge is 0.479 e. The Morgan fingerprint density at radius 2 is 1.04 bits per heavy atom. The van der Waals surface area contributed by atoms with Crippen LogP contribution >= 0.6 is 0 Å². The van der Waals surface area contributed by atoms with Gasteiger partial charge >= 0.3 is 5.97 Å². The van der Waals surface area contributed by atoms with Gasteiger partial charge in [0, 0.05) is 0 Å². The normalized spacial score (nSPS) is 20.9. The van der Waals surface area contributed by atoms with Gasteiger partial charge in [0.15, 0.2) is 18.7 Å². The first-order chi connectivity index (χ1) is 10.9. The fourth-order valence-corrected chi connectivity index (χ4v) is 1.18. The first-order valence-electron chi connectivity index (χ1n) is 6.50. The second kappa shape index (κ2) is 11.9. The van der Waals surface area contributed by atoms with Crippen molar-refractivity contribution in [2.45, 2.75) is 55.8 Å². The van der Waals surface area contributed by atoms with Crippen molar-refractivity contribution in [2.75, 3.05) is 0 Å². The summed E-state index contributed by atoms with van der Waals surface area (Å²) in [4.78, 5) is 29.8. The van der Waals surface area contributed by atoms with Crippen LogP contribution in [0.25, 0.3) is 0 Å². The highest BCUT2D eigenvalue weighted by Crippen LogP contribution is 2.04. The Labute approximate surface area is 135 Å². The van der Waals surface area contributed by atoms with Gasteiger partial charge in [0.1, 0.15) is 36.6 Å². The molecule has 0 saturated heterocycles. The van der Waals surface area contributed by atoms with Gasteiger partial charge in [-0.15, -0.1) is 0 Å². The number of aliphatic hydroxyl groups is 8. The Morgan fingerprint density at radius 1 is 0.708 bits per heavy atom. The van der Waals surface area contributed by atoms with E-state index in [4.69, 9.17) is 46.0 Å². The van der Waals surface area contributed by atoms with Crippen molar-refractivity contribution in [3.63, 3.8) is 0 Å². The molecule has 0 aliphatic carbocycles. The molecule has 0 heterocycles. The molecule has 0 aliphatic rings. The van der Waals surface area contributed by atoms with E-state index >= 15 is 0 Å². The molecular weight excluding hydrogens is 336 g/mol. The molecule has 0 unspecified atom stereocenters. The third-order valence-electron chi connectivity index (χ3n) is 2.75. The molecule has 24 heavy (non-hydrogen) atoms. The van der Waals surface area contributed by atoms with Gasteiger partial charge < -0.3 is 55.5 Å². The highest BCUT2D eigenvalue weighted by atomic mass is 16.4. The van der Waals surface area contributed by atoms with E-state index in [1.165, 1.54) is 6.92 Å². The smallest absolute Gasteiger partial charge is 0.335 e. The van der Waals surface area contributed by atoms with Crippen LogP contribution in [0.15, 0.2) is 0 Å². The monoisotopic (exact) mass is 358 g/mol. The Hall–Kier alpha value is -1.51. The molecule has 0 aromatic rings. The zero-order chi connectivity index (χ0) is 19.6. The van der Waals surface area contributed by atoms with Crippen LogP contribution in [0.1, 0.15) is 6.92 Å². The minimum atomic E-state index is -2.25. The van der Waals surface area contributed by atoms with Crippen molar-refractivity contribution in [1.29, 1.82) is 0 Å². The van der Waals surface area contributed by atoms with E-state index in [2.05, 4.69) is 0 Å². The molecule has 0 aromatic heterocycles. The lowest BCUT2D eigenvalue weighted by atomic mass is 10.0. The molecule has 8 atom stereocenters. The SMILES string of the molecule is C[C@H](O)[C@@H](O)[C@@H](O)[C@H](O)C=O.O=C[C@H](O)[C@@H](O)[C@H](O)[C@H](O)C(=O)O. The molecule has 9 N–H and O–H groups in total. The molecule has 0 aliphatic heterocycles. The summed E-state index contributed by atoms with van der Waals surface area (Å²) in [6.45, 7) is 1.24. The number of carbonyl (C=O) groups excluding carboxylic acids is 2. The average molecular weight is 358 g/mol. The fourth-order valence-electron chi connectivity index (χ4n) is 1.18. The summed E-state index contributed by atoms with van der Waals surface area (Å²) >= 11 is 0. The average Bonchev–Trinajstić information content (AvgIpc) is 2.56. The Morgan fingerprint density at radius 3 is 1.29 bits per heavy atom. The van der Waals surface area contributed by atoms with Gasteiger partial charge in [-0.2, -0.15) is 0 Å². The van der Waals surface area contributed by atoms with Crippen LogP contribution in [0.4, 0.5) is 0 Å². The molecule has 12 nitrogen and oxygen atoms in total. The maximum Gasteiger partial charge on any atom is 0.335 e. The predicted molar refractivity (Wildman–Crippen MR) is 73.5 cm³/mol. The summed E-state index contributed by atoms with van der Waals surface area (Å²) in [5, 5.41) is 78.3. The number of aldehydes is 2. The standard InChI is InChI=1S/C6H10O7.C6H12O5/c7-1-2(8)3(9)4(10)5(11)6(12)13;1-3(8)5(10)6(11)4(9)2-7/h1-5,8-11H,(H,12,13);2-6,8-11H,1H3/t2-,3+,4-,5-;3-,4+,5+,6-/m00/s1. The van der Waals surface area contributed by atoms with Gasteiger partial charge in [-0.05, 0) is 6.92 Å². The van der Waals surface area contributed by atoms with Crippen LogP contribution in [-0.2, 0) is 14.4 Å². The number of carbonyl (C=O) groups is 3. The second-order valence-corrected chi connectivity index (χ2v) is 4.74. The number of rotatable bonds is 9. The van der Waals surface area contributed by atoms with E-state index < -0.39 is 54.8 Å². The summed E-state index contributed by atoms with van der Waals surface area (Å²) < 4.78 is 0. The summed E-state index contributed by atoms with van der Waals surface area (Å²) in [5.41, 5.74) is 0. The maximum absolute atomic E-state index is 10.1. The van der Waals surface area contributed by atoms with E-state index in [0.717, 1.165) is 0 Å². The summed E-state index contributed by atoms with van der Waals surface area (Å²) in [5.74, 6) is -1.76. The van der Waals surface area contributed by atoms with Crippen molar-refractivity contribution in [3.8, 4) is 0 Å². The first kappa shape index (κ1) is 24.7. The Balaban J connectivity index is 0. The number of carboxylic acid groups (broad SMARTS) is 1. The van der Waals surface area contributed by atoms with Crippen molar-refractivity contribution in [2.24, 2.45) is 0 Å². The van der Waals surface area contributed by atoms with Crippen LogP contribution in [0.5, 0.6) is 0 Å². The van der Waals surface area contributed by atoms with Gasteiger partial charge in [-0.1, -0.05) is 0 Å². The molecule has 0 bridgehead atoms. The van der Waals surface area contributed by atoms with Crippen molar-refractivity contribution < 1.29 is 60.3 Å². The van der Waals surface area contributed by atoms with E-state index in [0.29, 0.717) is 0 Å². The van der Waals surface area contributed by atoms with Crippen LogP contribution in [0, 0.1) is 0 Å². The summed E-state index contributed by atoms with van der Waals surface area (Å²) in [6, 6.07) is 0. The van der Waals surface area contributed by atoms with E-state index in [-0.39, 0.29) is 12.6 Å². The molecule has 0 fully saturated rings. The lowest BCUT2D eigenvalue weighted by Crippen LogP contribution is -2.48. The molecule has 0 amide bonds. The lowest BCUT2D eigenvalue weighted by Gasteiger charge is -2.21. The van der Waals surface area contributed by atoms with Crippen molar-refractivity contribution in [1.82, 2.24) is 0 Å². The van der Waals surface area contributed by atoms with Gasteiger partial charge in [-0.25, -0.2) is 4.79 Å². The topological polar surface area (TPSA) is 233 Å². The van der Waals surface area contributed by atoms with Crippen LogP contribution in [-0.4, -0.2) is 113 Å². The van der Waals surface area contributed by atoms with Gasteiger partial charge in [-0.3, -0.25) is 0 Å². The van der Waals surface area contributed by atoms with E-state index in [9.17, 15) is 14.4 Å². The maximum atomic E-state index is 10.1. The molecule has 12 heteroatoms. The van der Waals surface area contributed by atoms with Crippen LogP contribution in [0.2, 0.25) is 0 Å². The third-order valence-corrected chi connectivity index (χ3v) is 2.75. The highest BCUT2D eigenvalue weighted by molar-refractivity contribution is 5.73. The van der Waals surface area contributed by atoms with Crippen LogP contribution < -0.4 is 0 Å². The number of aliphatic carboxylic acids is 1. The highest BCUT2D eigenvalue weighted by Gasteiger charge is 2.34. The molecule has 0 rings (SSSR count). The number of hydrogen-bond donors (Lipinski definition) is 9. The van der Waals surface area contributed by atoms with Crippen molar-refractivity contribution in [3.05, 3.63) is 0 Å². The second-order valence-electron chi connectivity index (χ2n) is 4.74. The molecule has 0 spiro atoms. The number of carboxylic acids is 1. The molecule has 0 radical (unpaired) electrons. The minimum absolute atomic E-state index is 0.0809. The Kier molecular flexibility index (Phi) is 12.3. The Bertz CT molecular complexity index is 386. The van der Waals surface area contributed by atoms with E-state index in [1.807, 2.05) is 0 Å². The molecule has 0 aromatic carbocycles. The molecular formula is C12H22O12. The third kappa shape index (κ3) is 8.37. The van der Waals surface area contributed by atoms with Crippen molar-refractivity contribution >= 4 is 18.5 Å². The summed E-state index contributed by atoms with van der Waals surface area (Å²) in [6.07, 6.45) is -14.3. The lowest BCUT2D eigenvalue weighted by molar-refractivity contribution is -0.163. The first-order valence-corrected chi connectivity index (χ1v) is 6.50. The van der Waals surface area contributed by atoms with Crippen LogP contribution in [0.3, 0.4) is 0 Å². The zero-order valence-corrected chi connectivity index (χ0v) is 12.5. The molecule has 0 saturated carbocycles. The van der Waals surface area contributed by atoms with E-state index in [1.54, 1.807) is 0 Å². The summed E-state index contributed by atoms with van der Waals surface area (Å²) in [7, 11) is 0. The predicted octanol–water partition coefficient (Wildman–Crippen LogP) is -5.64.